The van der Waals surface area contributed by atoms with Crippen molar-refractivity contribution in [1.29, 1.82) is 0 Å². The van der Waals surface area contributed by atoms with Crippen LogP contribution < -0.4 is 4.74 Å². The van der Waals surface area contributed by atoms with Crippen LogP contribution in [-0.2, 0) is 0 Å². The third kappa shape index (κ3) is 3.23. The zero-order chi connectivity index (χ0) is 16.4. The van der Waals surface area contributed by atoms with Gasteiger partial charge in [-0.1, -0.05) is 12.1 Å². The number of hydrogen-bond donors (Lipinski definition) is 0. The second-order valence-electron chi connectivity index (χ2n) is 5.79. The van der Waals surface area contributed by atoms with Crippen LogP contribution in [0.15, 0.2) is 52.8 Å². The highest BCUT2D eigenvalue weighted by Crippen LogP contribution is 2.30. The first-order chi connectivity index (χ1) is 11.0. The molecule has 2 aromatic heterocycles. The number of hydrogen-bond acceptors (Lipinski definition) is 4. The summed E-state index contributed by atoms with van der Waals surface area (Å²) in [4.78, 5) is 4.53. The van der Waals surface area contributed by atoms with Crippen molar-refractivity contribution in [3.8, 4) is 5.75 Å². The van der Waals surface area contributed by atoms with E-state index in [0.29, 0.717) is 5.69 Å². The fraction of sp³-hybridized carbons (Fsp3) is 0.278. The molecule has 0 bridgehead atoms. The van der Waals surface area contributed by atoms with Gasteiger partial charge in [-0.2, -0.15) is 0 Å². The molecule has 0 spiro atoms. The number of benzene rings is 1. The van der Waals surface area contributed by atoms with Gasteiger partial charge >= 0.3 is 0 Å². The van der Waals surface area contributed by atoms with Crippen LogP contribution in [0.4, 0.5) is 11.5 Å². The maximum atomic E-state index is 5.77. The Morgan fingerprint density at radius 2 is 1.87 bits per heavy atom. The Labute approximate surface area is 135 Å². The van der Waals surface area contributed by atoms with E-state index < -0.39 is 0 Å². The Bertz CT molecular complexity index is 865. The van der Waals surface area contributed by atoms with Crippen molar-refractivity contribution in [2.45, 2.75) is 33.8 Å². The zero-order valence-corrected chi connectivity index (χ0v) is 13.8. The molecule has 0 aliphatic heterocycles. The molecule has 0 fully saturated rings. The summed E-state index contributed by atoms with van der Waals surface area (Å²) in [6, 6.07) is 11.7. The average molecular weight is 308 g/mol. The van der Waals surface area contributed by atoms with Gasteiger partial charge in [-0.05, 0) is 57.5 Å². The van der Waals surface area contributed by atoms with Gasteiger partial charge in [0.1, 0.15) is 17.1 Å². The molecule has 5 heteroatoms. The van der Waals surface area contributed by atoms with Crippen LogP contribution in [0.5, 0.6) is 5.75 Å². The van der Waals surface area contributed by atoms with E-state index in [0.717, 1.165) is 22.9 Å². The van der Waals surface area contributed by atoms with E-state index >= 15 is 0 Å². The minimum absolute atomic E-state index is 0.0897. The molecule has 118 valence electrons. The maximum Gasteiger partial charge on any atom is 0.182 e. The summed E-state index contributed by atoms with van der Waals surface area (Å²) in [7, 11) is 0. The average Bonchev–Trinajstić information content (AvgIpc) is 2.80. The first-order valence-electron chi connectivity index (χ1n) is 7.67. The summed E-state index contributed by atoms with van der Waals surface area (Å²) in [6.45, 7) is 7.97. The summed E-state index contributed by atoms with van der Waals surface area (Å²) in [5.74, 6) is 1.47. The standard InChI is InChI=1S/C18H20N4O/c1-12(2)23-16-8-6-5-7-15(16)20-21-18-14(4)19-17-11-13(3)9-10-22(17)18/h5-12H,1-4H3. The van der Waals surface area contributed by atoms with Crippen LogP contribution >= 0.6 is 0 Å². The molecule has 0 unspecified atom stereocenters. The number of rotatable bonds is 4. The molecule has 0 atom stereocenters. The number of pyridine rings is 1. The molecule has 3 aromatic rings. The predicted octanol–water partition coefficient (Wildman–Crippen LogP) is 5.15. The lowest BCUT2D eigenvalue weighted by Gasteiger charge is -2.10. The van der Waals surface area contributed by atoms with Gasteiger partial charge in [0.25, 0.3) is 0 Å². The Hall–Kier alpha value is -2.69. The van der Waals surface area contributed by atoms with E-state index in [2.05, 4.69) is 15.2 Å². The van der Waals surface area contributed by atoms with Gasteiger partial charge in [-0.25, -0.2) is 4.98 Å². The van der Waals surface area contributed by atoms with E-state index in [1.54, 1.807) is 0 Å². The van der Waals surface area contributed by atoms with Gasteiger partial charge in [0, 0.05) is 6.20 Å². The molecule has 2 heterocycles. The summed E-state index contributed by atoms with van der Waals surface area (Å²) in [5.41, 5.74) is 3.61. The maximum absolute atomic E-state index is 5.77. The van der Waals surface area contributed by atoms with Crippen LogP contribution in [0, 0.1) is 13.8 Å². The topological polar surface area (TPSA) is 51.2 Å². The van der Waals surface area contributed by atoms with Gasteiger partial charge in [0.05, 0.1) is 11.8 Å². The molecule has 0 N–H and O–H groups in total. The Balaban J connectivity index is 1.99. The molecular formula is C18H20N4O. The van der Waals surface area contributed by atoms with E-state index in [-0.39, 0.29) is 6.10 Å². The lowest BCUT2D eigenvalue weighted by atomic mass is 10.3. The fourth-order valence-corrected chi connectivity index (χ4v) is 2.37. The lowest BCUT2D eigenvalue weighted by molar-refractivity contribution is 0.243. The molecule has 23 heavy (non-hydrogen) atoms. The molecule has 0 saturated heterocycles. The summed E-state index contributed by atoms with van der Waals surface area (Å²) < 4.78 is 7.71. The van der Waals surface area contributed by atoms with Crippen molar-refractivity contribution in [2.75, 3.05) is 0 Å². The first-order valence-corrected chi connectivity index (χ1v) is 7.67. The smallest absolute Gasteiger partial charge is 0.182 e. The minimum atomic E-state index is 0.0897. The van der Waals surface area contributed by atoms with Crippen molar-refractivity contribution in [2.24, 2.45) is 10.2 Å². The first kappa shape index (κ1) is 15.2. The summed E-state index contributed by atoms with van der Waals surface area (Å²) in [5, 5.41) is 8.78. The highest BCUT2D eigenvalue weighted by Gasteiger charge is 2.09. The second kappa shape index (κ2) is 6.20. The normalized spacial score (nSPS) is 11.7. The molecule has 0 aliphatic carbocycles. The largest absolute Gasteiger partial charge is 0.489 e. The Morgan fingerprint density at radius 3 is 2.65 bits per heavy atom. The number of imidazole rings is 1. The zero-order valence-electron chi connectivity index (χ0n) is 13.8. The predicted molar refractivity (Wildman–Crippen MR) is 91.0 cm³/mol. The Kier molecular flexibility index (Phi) is 4.10. The molecule has 5 nitrogen and oxygen atoms in total. The minimum Gasteiger partial charge on any atom is -0.489 e. The summed E-state index contributed by atoms with van der Waals surface area (Å²) in [6.07, 6.45) is 2.06. The number of azo groups is 1. The van der Waals surface area contributed by atoms with Gasteiger partial charge in [-0.15, -0.1) is 10.2 Å². The van der Waals surface area contributed by atoms with Crippen LogP contribution in [0.1, 0.15) is 25.1 Å². The quantitative estimate of drug-likeness (QED) is 0.625. The molecular weight excluding hydrogens is 288 g/mol. The third-order valence-electron chi connectivity index (χ3n) is 3.40. The monoisotopic (exact) mass is 308 g/mol. The highest BCUT2D eigenvalue weighted by molar-refractivity contribution is 5.54. The summed E-state index contributed by atoms with van der Waals surface area (Å²) >= 11 is 0. The van der Waals surface area contributed by atoms with E-state index in [4.69, 9.17) is 4.74 Å². The van der Waals surface area contributed by atoms with Gasteiger partial charge in [-0.3, -0.25) is 4.40 Å². The van der Waals surface area contributed by atoms with E-state index in [9.17, 15) is 0 Å². The number of fused-ring (bicyclic) bond motifs is 1. The van der Waals surface area contributed by atoms with E-state index in [1.807, 2.05) is 74.7 Å². The van der Waals surface area contributed by atoms with Crippen molar-refractivity contribution in [1.82, 2.24) is 9.38 Å². The second-order valence-corrected chi connectivity index (χ2v) is 5.79. The molecule has 1 aromatic carbocycles. The van der Waals surface area contributed by atoms with Crippen molar-refractivity contribution in [3.63, 3.8) is 0 Å². The van der Waals surface area contributed by atoms with Crippen molar-refractivity contribution in [3.05, 3.63) is 53.9 Å². The fourth-order valence-electron chi connectivity index (χ4n) is 2.37. The van der Waals surface area contributed by atoms with Crippen LogP contribution in [0.25, 0.3) is 5.65 Å². The van der Waals surface area contributed by atoms with Gasteiger partial charge in [0.15, 0.2) is 5.82 Å². The van der Waals surface area contributed by atoms with Crippen LogP contribution in [-0.4, -0.2) is 15.5 Å². The lowest BCUT2D eigenvalue weighted by Crippen LogP contribution is -2.05. The third-order valence-corrected chi connectivity index (χ3v) is 3.40. The van der Waals surface area contributed by atoms with Gasteiger partial charge < -0.3 is 4.74 Å². The Morgan fingerprint density at radius 1 is 1.09 bits per heavy atom. The van der Waals surface area contributed by atoms with E-state index in [1.165, 1.54) is 5.56 Å². The van der Waals surface area contributed by atoms with Crippen LogP contribution in [0.3, 0.4) is 0 Å². The number of ether oxygens (including phenoxy) is 1. The molecule has 0 aliphatic rings. The number of nitrogens with zero attached hydrogens (tertiary/aromatic N) is 4. The highest BCUT2D eigenvalue weighted by atomic mass is 16.5. The van der Waals surface area contributed by atoms with Gasteiger partial charge in [0.2, 0.25) is 0 Å². The number of para-hydroxylation sites is 1. The van der Waals surface area contributed by atoms with Crippen molar-refractivity contribution < 1.29 is 4.74 Å². The van der Waals surface area contributed by atoms with Crippen molar-refractivity contribution >= 4 is 17.2 Å². The SMILES string of the molecule is Cc1ccn2c(N=Nc3ccccc3OC(C)C)c(C)nc2c1. The number of aryl methyl sites for hydroxylation is 2. The molecule has 0 amide bonds. The molecule has 3 rings (SSSR count). The van der Waals surface area contributed by atoms with Crippen LogP contribution in [0.2, 0.25) is 0 Å². The number of aromatic nitrogens is 2. The molecule has 0 radical (unpaired) electrons. The molecule has 0 saturated carbocycles.